The van der Waals surface area contributed by atoms with Gasteiger partial charge in [-0.3, -0.25) is 9.59 Å². The first kappa shape index (κ1) is 16.1. The van der Waals surface area contributed by atoms with Crippen LogP contribution in [0.2, 0.25) is 0 Å². The molecule has 1 aromatic rings. The van der Waals surface area contributed by atoms with Crippen LogP contribution in [0.1, 0.15) is 13.3 Å². The van der Waals surface area contributed by atoms with Gasteiger partial charge in [-0.1, -0.05) is 12.1 Å². The van der Waals surface area contributed by atoms with Gasteiger partial charge in [-0.2, -0.15) is 0 Å². The normalized spacial score (nSPS) is 14.6. The summed E-state index contributed by atoms with van der Waals surface area (Å²) in [5, 5.41) is 3.25. The van der Waals surface area contributed by atoms with Crippen molar-refractivity contribution < 1.29 is 14.3 Å². The van der Waals surface area contributed by atoms with E-state index in [1.54, 1.807) is 4.90 Å². The lowest BCUT2D eigenvalue weighted by Gasteiger charge is -2.32. The molecule has 22 heavy (non-hydrogen) atoms. The van der Waals surface area contributed by atoms with Gasteiger partial charge in [0, 0.05) is 39.1 Å². The number of para-hydroxylation sites is 2. The summed E-state index contributed by atoms with van der Waals surface area (Å²) in [5.41, 5.74) is 0.905. The second-order valence-electron chi connectivity index (χ2n) is 5.13. The van der Waals surface area contributed by atoms with Gasteiger partial charge in [0.05, 0.1) is 12.3 Å². The number of hydrogen-bond acceptors (Lipinski definition) is 4. The Balaban J connectivity index is 1.76. The Morgan fingerprint density at radius 1 is 1.27 bits per heavy atom. The monoisotopic (exact) mass is 305 g/mol. The molecule has 6 heteroatoms. The van der Waals surface area contributed by atoms with E-state index in [2.05, 4.69) is 5.32 Å². The molecule has 1 aromatic carbocycles. The number of hydrogen-bond donors (Lipinski definition) is 1. The number of nitrogens with one attached hydrogen (secondary N) is 1. The number of ether oxygens (including phenoxy) is 1. The highest BCUT2D eigenvalue weighted by Gasteiger charge is 2.19. The molecule has 0 bridgehead atoms. The Hall–Kier alpha value is -2.24. The molecule has 0 spiro atoms. The minimum atomic E-state index is 0.118. The van der Waals surface area contributed by atoms with Gasteiger partial charge in [0.15, 0.2) is 0 Å². The van der Waals surface area contributed by atoms with Gasteiger partial charge in [-0.25, -0.2) is 0 Å². The predicted molar refractivity (Wildman–Crippen MR) is 84.9 cm³/mol. The fourth-order valence-corrected chi connectivity index (χ4v) is 2.43. The van der Waals surface area contributed by atoms with E-state index in [0.717, 1.165) is 17.8 Å². The van der Waals surface area contributed by atoms with Crippen LogP contribution in [0.3, 0.4) is 0 Å². The summed E-state index contributed by atoms with van der Waals surface area (Å²) < 4.78 is 5.54. The van der Waals surface area contributed by atoms with Gasteiger partial charge in [-0.15, -0.1) is 0 Å². The third-order valence-corrected chi connectivity index (χ3v) is 3.66. The Morgan fingerprint density at radius 2 is 2.00 bits per heavy atom. The summed E-state index contributed by atoms with van der Waals surface area (Å²) in [7, 11) is 0. The summed E-state index contributed by atoms with van der Waals surface area (Å²) in [4.78, 5) is 26.3. The Morgan fingerprint density at radius 3 is 2.68 bits per heavy atom. The van der Waals surface area contributed by atoms with Crippen LogP contribution in [-0.4, -0.2) is 61.4 Å². The van der Waals surface area contributed by atoms with E-state index in [1.807, 2.05) is 36.1 Å². The first-order chi connectivity index (χ1) is 10.7. The zero-order valence-corrected chi connectivity index (χ0v) is 13.0. The average Bonchev–Trinajstić information content (AvgIpc) is 2.56. The molecule has 0 unspecified atom stereocenters. The third kappa shape index (κ3) is 4.38. The van der Waals surface area contributed by atoms with E-state index in [9.17, 15) is 9.59 Å². The van der Waals surface area contributed by atoms with Crippen LogP contribution in [0, 0.1) is 0 Å². The SMILES string of the molecule is CCOc1ccccc1NCCC(=O)N1CCN(C=O)CC1. The molecule has 0 atom stereocenters. The van der Waals surface area contributed by atoms with Crippen LogP contribution in [0.15, 0.2) is 24.3 Å². The molecule has 1 fully saturated rings. The van der Waals surface area contributed by atoms with Crippen molar-refractivity contribution in [2.75, 3.05) is 44.6 Å². The fraction of sp³-hybridized carbons (Fsp3) is 0.500. The lowest BCUT2D eigenvalue weighted by molar-refractivity contribution is -0.134. The molecule has 120 valence electrons. The van der Waals surface area contributed by atoms with Crippen molar-refractivity contribution in [2.45, 2.75) is 13.3 Å². The predicted octanol–water partition coefficient (Wildman–Crippen LogP) is 1.19. The number of benzene rings is 1. The lowest BCUT2D eigenvalue weighted by atomic mass is 10.2. The van der Waals surface area contributed by atoms with Gasteiger partial charge in [-0.05, 0) is 19.1 Å². The van der Waals surface area contributed by atoms with Crippen molar-refractivity contribution in [3.8, 4) is 5.75 Å². The lowest BCUT2D eigenvalue weighted by Crippen LogP contribution is -2.48. The van der Waals surface area contributed by atoms with Crippen LogP contribution in [0.25, 0.3) is 0 Å². The zero-order valence-electron chi connectivity index (χ0n) is 13.0. The molecule has 2 amide bonds. The number of anilines is 1. The molecule has 0 aromatic heterocycles. The number of carbonyl (C=O) groups is 2. The zero-order chi connectivity index (χ0) is 15.8. The molecule has 1 heterocycles. The van der Waals surface area contributed by atoms with Crippen molar-refractivity contribution in [3.63, 3.8) is 0 Å². The van der Waals surface area contributed by atoms with E-state index >= 15 is 0 Å². The van der Waals surface area contributed by atoms with Crippen molar-refractivity contribution >= 4 is 18.0 Å². The number of nitrogens with zero attached hydrogens (tertiary/aromatic N) is 2. The smallest absolute Gasteiger partial charge is 0.224 e. The molecular formula is C16H23N3O3. The second-order valence-corrected chi connectivity index (χ2v) is 5.13. The summed E-state index contributed by atoms with van der Waals surface area (Å²) >= 11 is 0. The summed E-state index contributed by atoms with van der Waals surface area (Å²) in [6.07, 6.45) is 1.27. The maximum Gasteiger partial charge on any atom is 0.224 e. The van der Waals surface area contributed by atoms with Crippen molar-refractivity contribution in [2.24, 2.45) is 0 Å². The highest BCUT2D eigenvalue weighted by Crippen LogP contribution is 2.23. The van der Waals surface area contributed by atoms with Gasteiger partial charge in [0.2, 0.25) is 12.3 Å². The first-order valence-corrected chi connectivity index (χ1v) is 7.67. The first-order valence-electron chi connectivity index (χ1n) is 7.67. The average molecular weight is 305 g/mol. The van der Waals surface area contributed by atoms with Crippen LogP contribution in [0.5, 0.6) is 5.75 Å². The van der Waals surface area contributed by atoms with Crippen LogP contribution >= 0.6 is 0 Å². The molecule has 0 saturated carbocycles. The fourth-order valence-electron chi connectivity index (χ4n) is 2.43. The molecule has 1 aliphatic rings. The van der Waals surface area contributed by atoms with Crippen LogP contribution in [-0.2, 0) is 9.59 Å². The third-order valence-electron chi connectivity index (χ3n) is 3.66. The summed E-state index contributed by atoms with van der Waals surface area (Å²) in [5.74, 6) is 0.920. The topological polar surface area (TPSA) is 61.9 Å². The Kier molecular flexibility index (Phi) is 6.06. The highest BCUT2D eigenvalue weighted by molar-refractivity contribution is 5.77. The minimum absolute atomic E-state index is 0.118. The minimum Gasteiger partial charge on any atom is -0.492 e. The number of rotatable bonds is 7. The summed E-state index contributed by atoms with van der Waals surface area (Å²) in [6.45, 7) is 5.60. The molecule has 0 radical (unpaired) electrons. The van der Waals surface area contributed by atoms with Crippen LogP contribution < -0.4 is 10.1 Å². The van der Waals surface area contributed by atoms with Crippen molar-refractivity contribution in [1.82, 2.24) is 9.80 Å². The molecule has 1 aliphatic heterocycles. The molecule has 6 nitrogen and oxygen atoms in total. The number of amides is 2. The number of piperazine rings is 1. The van der Waals surface area contributed by atoms with Gasteiger partial charge in [0.25, 0.3) is 0 Å². The molecule has 1 N–H and O–H groups in total. The van der Waals surface area contributed by atoms with Gasteiger partial charge < -0.3 is 19.9 Å². The second kappa shape index (κ2) is 8.26. The maximum atomic E-state index is 12.1. The molecule has 1 saturated heterocycles. The highest BCUT2D eigenvalue weighted by atomic mass is 16.5. The quantitative estimate of drug-likeness (QED) is 0.769. The van der Waals surface area contributed by atoms with Crippen molar-refractivity contribution in [1.29, 1.82) is 0 Å². The van der Waals surface area contributed by atoms with Crippen LogP contribution in [0.4, 0.5) is 5.69 Å². The van der Waals surface area contributed by atoms with E-state index in [1.165, 1.54) is 0 Å². The van der Waals surface area contributed by atoms with Gasteiger partial charge >= 0.3 is 0 Å². The maximum absolute atomic E-state index is 12.1. The van der Waals surface area contributed by atoms with E-state index < -0.39 is 0 Å². The van der Waals surface area contributed by atoms with Gasteiger partial charge in [0.1, 0.15) is 5.75 Å². The molecule has 2 rings (SSSR count). The van der Waals surface area contributed by atoms with Crippen molar-refractivity contribution in [3.05, 3.63) is 24.3 Å². The number of carbonyl (C=O) groups excluding carboxylic acids is 2. The standard InChI is InChI=1S/C16H23N3O3/c1-2-22-15-6-4-3-5-14(15)17-8-7-16(21)19-11-9-18(13-20)10-12-19/h3-6,13,17H,2,7-12H2,1H3. The van der Waals surface area contributed by atoms with E-state index in [-0.39, 0.29) is 5.91 Å². The summed E-state index contributed by atoms with van der Waals surface area (Å²) in [6, 6.07) is 7.71. The Bertz CT molecular complexity index is 499. The Labute approximate surface area is 131 Å². The molecular weight excluding hydrogens is 282 g/mol. The largest absolute Gasteiger partial charge is 0.492 e. The molecule has 0 aliphatic carbocycles. The van der Waals surface area contributed by atoms with E-state index in [4.69, 9.17) is 4.74 Å². The van der Waals surface area contributed by atoms with E-state index in [0.29, 0.717) is 45.8 Å².